The van der Waals surface area contributed by atoms with Gasteiger partial charge in [0.25, 0.3) is 0 Å². The maximum atomic E-state index is 3.52. The third-order valence-corrected chi connectivity index (χ3v) is 3.16. The molecule has 0 aromatic carbocycles. The van der Waals surface area contributed by atoms with Gasteiger partial charge < -0.3 is 5.32 Å². The Labute approximate surface area is 76.9 Å². The first-order chi connectivity index (χ1) is 5.70. The molecular formula is C11H23N. The minimum Gasteiger partial charge on any atom is -0.316 e. The topological polar surface area (TPSA) is 12.0 Å². The van der Waals surface area contributed by atoms with Gasteiger partial charge in [-0.05, 0) is 50.1 Å². The number of hydrogen-bond donors (Lipinski definition) is 1. The van der Waals surface area contributed by atoms with E-state index in [1.165, 1.54) is 32.4 Å². The first kappa shape index (κ1) is 10.0. The highest BCUT2D eigenvalue weighted by atomic mass is 14.9. The van der Waals surface area contributed by atoms with Crippen molar-refractivity contribution in [3.63, 3.8) is 0 Å². The van der Waals surface area contributed by atoms with Crippen LogP contribution in [0.25, 0.3) is 0 Å². The maximum absolute atomic E-state index is 3.52. The summed E-state index contributed by atoms with van der Waals surface area (Å²) in [6.45, 7) is 9.53. The summed E-state index contributed by atoms with van der Waals surface area (Å²) < 4.78 is 0. The molecule has 1 unspecified atom stereocenters. The number of rotatable bonds is 1. The standard InChI is InChI=1S/C11H23N/c1-9(2)11-5-4-10(3)8-12-7-6-11/h9-12H,4-8H2,1-3H3/t10-,11?/m0/s1. The van der Waals surface area contributed by atoms with Gasteiger partial charge in [-0.2, -0.15) is 0 Å². The van der Waals surface area contributed by atoms with Crippen LogP contribution in [0.3, 0.4) is 0 Å². The Morgan fingerprint density at radius 3 is 2.58 bits per heavy atom. The molecule has 1 fully saturated rings. The molecule has 1 aliphatic heterocycles. The van der Waals surface area contributed by atoms with Crippen molar-refractivity contribution >= 4 is 0 Å². The zero-order chi connectivity index (χ0) is 8.97. The van der Waals surface area contributed by atoms with E-state index in [1.54, 1.807) is 0 Å². The molecule has 1 nitrogen and oxygen atoms in total. The zero-order valence-corrected chi connectivity index (χ0v) is 8.77. The first-order valence-electron chi connectivity index (χ1n) is 5.41. The van der Waals surface area contributed by atoms with Crippen molar-refractivity contribution in [2.75, 3.05) is 13.1 Å². The molecule has 12 heavy (non-hydrogen) atoms. The van der Waals surface area contributed by atoms with Crippen molar-refractivity contribution in [1.82, 2.24) is 5.32 Å². The molecule has 0 aromatic rings. The minimum absolute atomic E-state index is 0.872. The molecule has 1 heteroatoms. The molecule has 72 valence electrons. The van der Waals surface area contributed by atoms with Gasteiger partial charge in [0, 0.05) is 0 Å². The van der Waals surface area contributed by atoms with Gasteiger partial charge >= 0.3 is 0 Å². The molecule has 1 heterocycles. The SMILES string of the molecule is CC(C)C1CCNC[C@@H](C)CC1. The minimum atomic E-state index is 0.872. The van der Waals surface area contributed by atoms with Crippen LogP contribution in [0.5, 0.6) is 0 Å². The van der Waals surface area contributed by atoms with Crippen molar-refractivity contribution in [2.45, 2.75) is 40.0 Å². The van der Waals surface area contributed by atoms with E-state index < -0.39 is 0 Å². The third-order valence-electron chi connectivity index (χ3n) is 3.16. The molecule has 0 spiro atoms. The second-order valence-electron chi connectivity index (χ2n) is 4.68. The van der Waals surface area contributed by atoms with Crippen LogP contribution in [-0.2, 0) is 0 Å². The van der Waals surface area contributed by atoms with E-state index in [2.05, 4.69) is 26.1 Å². The van der Waals surface area contributed by atoms with Gasteiger partial charge in [-0.15, -0.1) is 0 Å². The van der Waals surface area contributed by atoms with Gasteiger partial charge in [-0.1, -0.05) is 20.8 Å². The zero-order valence-electron chi connectivity index (χ0n) is 8.77. The van der Waals surface area contributed by atoms with E-state index >= 15 is 0 Å². The Bertz CT molecular complexity index is 120. The van der Waals surface area contributed by atoms with E-state index in [0.29, 0.717) is 0 Å². The summed E-state index contributed by atoms with van der Waals surface area (Å²) in [5.74, 6) is 2.71. The fraction of sp³-hybridized carbons (Fsp3) is 1.00. The predicted octanol–water partition coefficient (Wildman–Crippen LogP) is 2.67. The molecule has 0 saturated carbocycles. The normalized spacial score (nSPS) is 33.0. The quantitative estimate of drug-likeness (QED) is 0.636. The average molecular weight is 169 g/mol. The fourth-order valence-electron chi connectivity index (χ4n) is 2.05. The molecule has 1 rings (SSSR count). The molecule has 0 aromatic heterocycles. The molecule has 1 saturated heterocycles. The van der Waals surface area contributed by atoms with Crippen molar-refractivity contribution in [3.8, 4) is 0 Å². The van der Waals surface area contributed by atoms with Crippen LogP contribution < -0.4 is 5.32 Å². The molecular weight excluding hydrogens is 146 g/mol. The van der Waals surface area contributed by atoms with Crippen LogP contribution >= 0.6 is 0 Å². The Morgan fingerprint density at radius 1 is 1.17 bits per heavy atom. The van der Waals surface area contributed by atoms with Crippen molar-refractivity contribution in [1.29, 1.82) is 0 Å². The highest BCUT2D eigenvalue weighted by molar-refractivity contribution is 4.70. The second kappa shape index (κ2) is 4.86. The summed E-state index contributed by atoms with van der Waals surface area (Å²) in [6.07, 6.45) is 4.24. The lowest BCUT2D eigenvalue weighted by atomic mass is 9.85. The summed E-state index contributed by atoms with van der Waals surface area (Å²) >= 11 is 0. The van der Waals surface area contributed by atoms with Crippen LogP contribution in [-0.4, -0.2) is 13.1 Å². The lowest BCUT2D eigenvalue weighted by molar-refractivity contribution is 0.277. The van der Waals surface area contributed by atoms with Gasteiger partial charge in [-0.25, -0.2) is 0 Å². The average Bonchev–Trinajstić information content (AvgIpc) is 1.97. The molecule has 1 N–H and O–H groups in total. The lowest BCUT2D eigenvalue weighted by Gasteiger charge is -2.26. The van der Waals surface area contributed by atoms with E-state index in [1.807, 2.05) is 0 Å². The fourth-order valence-corrected chi connectivity index (χ4v) is 2.05. The Balaban J connectivity index is 2.34. The lowest BCUT2D eigenvalue weighted by Crippen LogP contribution is -2.28. The van der Waals surface area contributed by atoms with Gasteiger partial charge in [0.2, 0.25) is 0 Å². The molecule has 0 bridgehead atoms. The predicted molar refractivity (Wildman–Crippen MR) is 54.2 cm³/mol. The van der Waals surface area contributed by atoms with Crippen LogP contribution in [0.4, 0.5) is 0 Å². The molecule has 0 radical (unpaired) electrons. The second-order valence-corrected chi connectivity index (χ2v) is 4.68. The van der Waals surface area contributed by atoms with Gasteiger partial charge in [-0.3, -0.25) is 0 Å². The van der Waals surface area contributed by atoms with Gasteiger partial charge in [0.1, 0.15) is 0 Å². The Kier molecular flexibility index (Phi) is 4.07. The van der Waals surface area contributed by atoms with Crippen LogP contribution in [0.1, 0.15) is 40.0 Å². The summed E-state index contributed by atoms with van der Waals surface area (Å²) in [4.78, 5) is 0. The summed E-state index contributed by atoms with van der Waals surface area (Å²) in [6, 6.07) is 0. The monoisotopic (exact) mass is 169 g/mol. The molecule has 1 aliphatic rings. The van der Waals surface area contributed by atoms with Crippen molar-refractivity contribution in [3.05, 3.63) is 0 Å². The number of hydrogen-bond acceptors (Lipinski definition) is 1. The van der Waals surface area contributed by atoms with Crippen LogP contribution in [0, 0.1) is 17.8 Å². The van der Waals surface area contributed by atoms with Crippen molar-refractivity contribution in [2.24, 2.45) is 17.8 Å². The van der Waals surface area contributed by atoms with Gasteiger partial charge in [0.05, 0.1) is 0 Å². The van der Waals surface area contributed by atoms with Gasteiger partial charge in [0.15, 0.2) is 0 Å². The highest BCUT2D eigenvalue weighted by Crippen LogP contribution is 2.24. The third kappa shape index (κ3) is 3.14. The first-order valence-corrected chi connectivity index (χ1v) is 5.41. The van der Waals surface area contributed by atoms with E-state index in [-0.39, 0.29) is 0 Å². The van der Waals surface area contributed by atoms with E-state index in [4.69, 9.17) is 0 Å². The van der Waals surface area contributed by atoms with E-state index in [9.17, 15) is 0 Å². The van der Waals surface area contributed by atoms with Crippen LogP contribution in [0.2, 0.25) is 0 Å². The van der Waals surface area contributed by atoms with E-state index in [0.717, 1.165) is 17.8 Å². The summed E-state index contributed by atoms with van der Waals surface area (Å²) in [5, 5.41) is 3.52. The van der Waals surface area contributed by atoms with Crippen molar-refractivity contribution < 1.29 is 0 Å². The largest absolute Gasteiger partial charge is 0.316 e. The Hall–Kier alpha value is -0.0400. The molecule has 0 amide bonds. The van der Waals surface area contributed by atoms with Crippen LogP contribution in [0.15, 0.2) is 0 Å². The summed E-state index contributed by atoms with van der Waals surface area (Å²) in [5.41, 5.74) is 0. The smallest absolute Gasteiger partial charge is 0.00232 e. The highest BCUT2D eigenvalue weighted by Gasteiger charge is 2.16. The number of nitrogens with one attached hydrogen (secondary N) is 1. The molecule has 2 atom stereocenters. The summed E-state index contributed by atoms with van der Waals surface area (Å²) in [7, 11) is 0. The Morgan fingerprint density at radius 2 is 1.92 bits per heavy atom. The molecule has 0 aliphatic carbocycles. The maximum Gasteiger partial charge on any atom is -0.00232 e.